The molecule has 0 atom stereocenters. The van der Waals surface area contributed by atoms with Crippen molar-refractivity contribution in [3.8, 4) is 0 Å². The van der Waals surface area contributed by atoms with Gasteiger partial charge in [-0.15, -0.1) is 0 Å². The summed E-state index contributed by atoms with van der Waals surface area (Å²) in [4.78, 5) is 35.5. The molecule has 1 fully saturated rings. The Labute approximate surface area is 87.5 Å². The number of carboxylic acids is 1. The molecule has 2 amide bonds. The lowest BCUT2D eigenvalue weighted by Crippen LogP contribution is -2.40. The maximum absolute atomic E-state index is 11.4. The van der Waals surface area contributed by atoms with Crippen molar-refractivity contribution < 1.29 is 19.5 Å². The van der Waals surface area contributed by atoms with Crippen molar-refractivity contribution in [2.75, 3.05) is 26.7 Å². The molecule has 0 bridgehead atoms. The predicted molar refractivity (Wildman–Crippen MR) is 51.1 cm³/mol. The summed E-state index contributed by atoms with van der Waals surface area (Å²) in [6.07, 6.45) is 1.25. The number of carbonyl (C=O) groups is 3. The summed E-state index contributed by atoms with van der Waals surface area (Å²) < 4.78 is 0. The van der Waals surface area contributed by atoms with Crippen LogP contribution in [0.25, 0.3) is 0 Å². The number of rotatable bonds is 4. The Morgan fingerprint density at radius 3 is 2.67 bits per heavy atom. The van der Waals surface area contributed by atoms with Gasteiger partial charge in [0.15, 0.2) is 0 Å². The monoisotopic (exact) mass is 214 g/mol. The summed E-state index contributed by atoms with van der Waals surface area (Å²) in [6.45, 7) is 0.245. The Morgan fingerprint density at radius 2 is 2.20 bits per heavy atom. The third-order valence-electron chi connectivity index (χ3n) is 2.30. The van der Waals surface area contributed by atoms with Gasteiger partial charge in [0, 0.05) is 20.0 Å². The zero-order valence-electron chi connectivity index (χ0n) is 8.60. The minimum absolute atomic E-state index is 0.0113. The molecule has 0 radical (unpaired) electrons. The van der Waals surface area contributed by atoms with Crippen molar-refractivity contribution in [1.29, 1.82) is 0 Å². The van der Waals surface area contributed by atoms with Gasteiger partial charge < -0.3 is 14.9 Å². The summed E-state index contributed by atoms with van der Waals surface area (Å²) in [6, 6.07) is 0. The van der Waals surface area contributed by atoms with Crippen LogP contribution in [-0.4, -0.2) is 59.4 Å². The minimum Gasteiger partial charge on any atom is -0.480 e. The van der Waals surface area contributed by atoms with Crippen LogP contribution in [0.3, 0.4) is 0 Å². The number of amides is 2. The van der Waals surface area contributed by atoms with Crippen LogP contribution in [0.15, 0.2) is 0 Å². The van der Waals surface area contributed by atoms with Gasteiger partial charge >= 0.3 is 5.97 Å². The van der Waals surface area contributed by atoms with Crippen molar-refractivity contribution in [1.82, 2.24) is 9.80 Å². The molecule has 1 aliphatic rings. The number of likely N-dealkylation sites (tertiary alicyclic amines) is 1. The average molecular weight is 214 g/mol. The molecule has 6 heteroatoms. The molecular formula is C9H14N2O4. The van der Waals surface area contributed by atoms with E-state index in [2.05, 4.69) is 0 Å². The summed E-state index contributed by atoms with van der Waals surface area (Å²) >= 11 is 0. The zero-order chi connectivity index (χ0) is 11.4. The van der Waals surface area contributed by atoms with E-state index in [0.29, 0.717) is 13.0 Å². The first kappa shape index (κ1) is 11.5. The van der Waals surface area contributed by atoms with Crippen molar-refractivity contribution in [2.45, 2.75) is 12.8 Å². The van der Waals surface area contributed by atoms with Crippen LogP contribution in [-0.2, 0) is 14.4 Å². The lowest BCUT2D eigenvalue weighted by molar-refractivity contribution is -0.144. The normalized spacial score (nSPS) is 15.5. The van der Waals surface area contributed by atoms with E-state index in [9.17, 15) is 14.4 Å². The molecule has 0 saturated carbocycles. The van der Waals surface area contributed by atoms with E-state index in [1.807, 2.05) is 0 Å². The smallest absolute Gasteiger partial charge is 0.323 e. The molecule has 0 unspecified atom stereocenters. The Kier molecular flexibility index (Phi) is 3.65. The fraction of sp³-hybridized carbons (Fsp3) is 0.667. The summed E-state index contributed by atoms with van der Waals surface area (Å²) in [5.74, 6) is -1.43. The lowest BCUT2D eigenvalue weighted by Gasteiger charge is -2.19. The van der Waals surface area contributed by atoms with Gasteiger partial charge in [-0.25, -0.2) is 0 Å². The molecule has 0 spiro atoms. The highest BCUT2D eigenvalue weighted by Gasteiger charge is 2.24. The summed E-state index contributed by atoms with van der Waals surface area (Å²) in [5.41, 5.74) is 0. The number of hydrogen-bond donors (Lipinski definition) is 1. The number of nitrogens with zero attached hydrogens (tertiary/aromatic N) is 2. The molecule has 15 heavy (non-hydrogen) atoms. The highest BCUT2D eigenvalue weighted by atomic mass is 16.4. The Bertz CT molecular complexity index is 290. The van der Waals surface area contributed by atoms with Crippen LogP contribution in [0.4, 0.5) is 0 Å². The van der Waals surface area contributed by atoms with Gasteiger partial charge in [-0.05, 0) is 6.42 Å². The van der Waals surface area contributed by atoms with Crippen LogP contribution in [0.5, 0.6) is 0 Å². The second-order valence-corrected chi connectivity index (χ2v) is 3.56. The Hall–Kier alpha value is -1.59. The van der Waals surface area contributed by atoms with Crippen LogP contribution in [0, 0.1) is 0 Å². The van der Waals surface area contributed by atoms with Crippen LogP contribution >= 0.6 is 0 Å². The van der Waals surface area contributed by atoms with E-state index < -0.39 is 5.97 Å². The average Bonchev–Trinajstić information content (AvgIpc) is 2.50. The molecule has 0 aromatic carbocycles. The van der Waals surface area contributed by atoms with Crippen molar-refractivity contribution >= 4 is 17.8 Å². The molecule has 1 aliphatic heterocycles. The van der Waals surface area contributed by atoms with E-state index in [4.69, 9.17) is 5.11 Å². The molecule has 6 nitrogen and oxygen atoms in total. The van der Waals surface area contributed by atoms with Gasteiger partial charge in [-0.1, -0.05) is 0 Å². The van der Waals surface area contributed by atoms with Gasteiger partial charge in [0.2, 0.25) is 11.8 Å². The molecule has 1 saturated heterocycles. The second-order valence-electron chi connectivity index (χ2n) is 3.56. The van der Waals surface area contributed by atoms with E-state index in [1.165, 1.54) is 11.9 Å². The molecule has 1 rings (SSSR count). The minimum atomic E-state index is -1.06. The molecular weight excluding hydrogens is 200 g/mol. The van der Waals surface area contributed by atoms with Gasteiger partial charge in [-0.2, -0.15) is 0 Å². The van der Waals surface area contributed by atoms with Gasteiger partial charge in [0.05, 0.1) is 6.54 Å². The van der Waals surface area contributed by atoms with Gasteiger partial charge in [0.25, 0.3) is 0 Å². The first-order valence-corrected chi connectivity index (χ1v) is 4.74. The van der Waals surface area contributed by atoms with E-state index in [0.717, 1.165) is 11.3 Å². The maximum Gasteiger partial charge on any atom is 0.323 e. The number of carbonyl (C=O) groups excluding carboxylic acids is 2. The third kappa shape index (κ3) is 3.23. The molecule has 0 aromatic heterocycles. The van der Waals surface area contributed by atoms with Crippen LogP contribution < -0.4 is 0 Å². The highest BCUT2D eigenvalue weighted by Crippen LogP contribution is 2.09. The quantitative estimate of drug-likeness (QED) is 0.661. The number of hydrogen-bond acceptors (Lipinski definition) is 3. The molecule has 84 valence electrons. The van der Waals surface area contributed by atoms with Gasteiger partial charge in [-0.3, -0.25) is 14.4 Å². The second kappa shape index (κ2) is 4.77. The number of likely N-dealkylation sites (N-methyl/N-ethyl adjacent to an activating group) is 1. The van der Waals surface area contributed by atoms with Crippen LogP contribution in [0.1, 0.15) is 12.8 Å². The van der Waals surface area contributed by atoms with Crippen molar-refractivity contribution in [3.05, 3.63) is 0 Å². The van der Waals surface area contributed by atoms with E-state index >= 15 is 0 Å². The van der Waals surface area contributed by atoms with Crippen molar-refractivity contribution in [3.63, 3.8) is 0 Å². The van der Waals surface area contributed by atoms with E-state index in [1.54, 1.807) is 0 Å². The number of carboxylic acid groups (broad SMARTS) is 1. The first-order chi connectivity index (χ1) is 7.00. The largest absolute Gasteiger partial charge is 0.480 e. The topological polar surface area (TPSA) is 77.9 Å². The summed E-state index contributed by atoms with van der Waals surface area (Å²) in [7, 11) is 1.41. The molecule has 1 N–H and O–H groups in total. The number of aliphatic carboxylic acids is 1. The highest BCUT2D eigenvalue weighted by molar-refractivity contribution is 5.87. The Balaban J connectivity index is 2.40. The molecule has 0 aliphatic carbocycles. The third-order valence-corrected chi connectivity index (χ3v) is 2.30. The lowest BCUT2D eigenvalue weighted by atomic mass is 10.4. The van der Waals surface area contributed by atoms with Crippen LogP contribution in [0.2, 0.25) is 0 Å². The first-order valence-electron chi connectivity index (χ1n) is 4.74. The SMILES string of the molecule is CN(CC(=O)O)C(=O)CN1CCCC1=O. The Morgan fingerprint density at radius 1 is 1.53 bits per heavy atom. The molecule has 0 aromatic rings. The fourth-order valence-corrected chi connectivity index (χ4v) is 1.45. The summed E-state index contributed by atoms with van der Waals surface area (Å²) in [5, 5.41) is 8.47. The standard InChI is InChI=1S/C9H14N2O4/c1-10(6-9(14)15)8(13)5-11-4-2-3-7(11)12/h2-6H2,1H3,(H,14,15). The van der Waals surface area contributed by atoms with E-state index in [-0.39, 0.29) is 24.9 Å². The molecule has 1 heterocycles. The fourth-order valence-electron chi connectivity index (χ4n) is 1.45. The van der Waals surface area contributed by atoms with Gasteiger partial charge in [0.1, 0.15) is 6.54 Å². The maximum atomic E-state index is 11.4. The zero-order valence-corrected chi connectivity index (χ0v) is 8.60. The predicted octanol–water partition coefficient (Wildman–Crippen LogP) is -0.848. The van der Waals surface area contributed by atoms with Crippen molar-refractivity contribution in [2.24, 2.45) is 0 Å².